The van der Waals surface area contributed by atoms with Gasteiger partial charge < -0.3 is 4.90 Å². The molecule has 1 aliphatic rings. The summed E-state index contributed by atoms with van der Waals surface area (Å²) in [6.45, 7) is 6.62. The average molecular weight is 277 g/mol. The quantitative estimate of drug-likeness (QED) is 0.785. The van der Waals surface area contributed by atoms with Crippen molar-refractivity contribution >= 4 is 17.3 Å². The van der Waals surface area contributed by atoms with Gasteiger partial charge in [-0.1, -0.05) is 38.3 Å². The Kier molecular flexibility index (Phi) is 4.37. The van der Waals surface area contributed by atoms with Crippen LogP contribution < -0.4 is 4.90 Å². The summed E-state index contributed by atoms with van der Waals surface area (Å²) in [5.41, 5.74) is 2.18. The van der Waals surface area contributed by atoms with Gasteiger partial charge in [-0.3, -0.25) is 0 Å². The van der Waals surface area contributed by atoms with Crippen molar-refractivity contribution in [3.8, 4) is 6.07 Å². The maximum atomic E-state index is 9.19. The van der Waals surface area contributed by atoms with Crippen LogP contribution in [-0.4, -0.2) is 13.1 Å². The van der Waals surface area contributed by atoms with E-state index in [1.54, 1.807) is 6.07 Å². The van der Waals surface area contributed by atoms with Crippen LogP contribution in [0, 0.1) is 16.7 Å². The van der Waals surface area contributed by atoms with Gasteiger partial charge in [0.25, 0.3) is 0 Å². The van der Waals surface area contributed by atoms with Gasteiger partial charge in [0.15, 0.2) is 0 Å². The smallest absolute Gasteiger partial charge is 0.101 e. The zero-order valence-corrected chi connectivity index (χ0v) is 12.5. The first kappa shape index (κ1) is 14.2. The molecule has 102 valence electrons. The van der Waals surface area contributed by atoms with E-state index in [0.29, 0.717) is 10.4 Å². The first-order valence-electron chi connectivity index (χ1n) is 7.09. The molecule has 0 saturated carbocycles. The number of nitrogens with zero attached hydrogens (tertiary/aromatic N) is 2. The molecule has 1 heterocycles. The van der Waals surface area contributed by atoms with Gasteiger partial charge in [-0.05, 0) is 31.0 Å². The standard InChI is InChI=1S/C16H21ClN2/c1-3-7-16(8-4-2)11-19(12-16)15-9-14(17)6-5-13(15)10-18/h5-6,9H,3-4,7-8,11-12H2,1-2H3. The fourth-order valence-corrected chi connectivity index (χ4v) is 3.46. The molecule has 2 nitrogen and oxygen atoms in total. The van der Waals surface area contributed by atoms with Crippen LogP contribution in [0.1, 0.15) is 45.1 Å². The summed E-state index contributed by atoms with van der Waals surface area (Å²) in [6, 6.07) is 7.78. The topological polar surface area (TPSA) is 27.0 Å². The number of anilines is 1. The lowest BCUT2D eigenvalue weighted by atomic mass is 9.72. The molecule has 0 amide bonds. The van der Waals surface area contributed by atoms with Gasteiger partial charge in [0.05, 0.1) is 11.3 Å². The van der Waals surface area contributed by atoms with Gasteiger partial charge in [-0.15, -0.1) is 0 Å². The Morgan fingerprint density at radius 1 is 1.26 bits per heavy atom. The van der Waals surface area contributed by atoms with Crippen LogP contribution in [0.3, 0.4) is 0 Å². The summed E-state index contributed by atoms with van der Waals surface area (Å²) < 4.78 is 0. The maximum absolute atomic E-state index is 9.19. The molecule has 0 radical (unpaired) electrons. The molecule has 0 bridgehead atoms. The Morgan fingerprint density at radius 3 is 2.42 bits per heavy atom. The number of benzene rings is 1. The molecular formula is C16H21ClN2. The summed E-state index contributed by atoms with van der Waals surface area (Å²) in [5.74, 6) is 0. The van der Waals surface area contributed by atoms with E-state index in [4.69, 9.17) is 11.6 Å². The van der Waals surface area contributed by atoms with E-state index >= 15 is 0 Å². The van der Waals surface area contributed by atoms with Gasteiger partial charge in [0.1, 0.15) is 6.07 Å². The van der Waals surface area contributed by atoms with E-state index in [1.807, 2.05) is 12.1 Å². The van der Waals surface area contributed by atoms with Crippen molar-refractivity contribution in [2.24, 2.45) is 5.41 Å². The third-order valence-corrected chi connectivity index (χ3v) is 4.27. The lowest BCUT2D eigenvalue weighted by Crippen LogP contribution is -2.56. The predicted molar refractivity (Wildman–Crippen MR) is 80.6 cm³/mol. The van der Waals surface area contributed by atoms with Crippen molar-refractivity contribution in [2.75, 3.05) is 18.0 Å². The molecule has 0 aliphatic carbocycles. The number of rotatable bonds is 5. The van der Waals surface area contributed by atoms with Crippen LogP contribution >= 0.6 is 11.6 Å². The summed E-state index contributed by atoms with van der Waals surface area (Å²) >= 11 is 6.06. The highest BCUT2D eigenvalue weighted by molar-refractivity contribution is 6.30. The van der Waals surface area contributed by atoms with Gasteiger partial charge in [-0.25, -0.2) is 0 Å². The molecule has 0 spiro atoms. The third kappa shape index (κ3) is 2.87. The van der Waals surface area contributed by atoms with E-state index in [2.05, 4.69) is 24.8 Å². The van der Waals surface area contributed by atoms with Crippen LogP contribution in [0.15, 0.2) is 18.2 Å². The molecule has 1 aromatic carbocycles. The van der Waals surface area contributed by atoms with E-state index in [-0.39, 0.29) is 0 Å². The van der Waals surface area contributed by atoms with Gasteiger partial charge in [0, 0.05) is 23.5 Å². The highest BCUT2D eigenvalue weighted by atomic mass is 35.5. The van der Waals surface area contributed by atoms with Crippen molar-refractivity contribution in [1.82, 2.24) is 0 Å². The van der Waals surface area contributed by atoms with E-state index < -0.39 is 0 Å². The Labute approximate surface area is 121 Å². The molecule has 3 heteroatoms. The zero-order chi connectivity index (χ0) is 13.9. The molecule has 1 aliphatic heterocycles. The summed E-state index contributed by atoms with van der Waals surface area (Å²) in [7, 11) is 0. The Morgan fingerprint density at radius 2 is 1.89 bits per heavy atom. The van der Waals surface area contributed by atoms with Crippen molar-refractivity contribution in [2.45, 2.75) is 39.5 Å². The van der Waals surface area contributed by atoms with Crippen LogP contribution in [-0.2, 0) is 0 Å². The number of nitriles is 1. The number of hydrogen-bond donors (Lipinski definition) is 0. The molecular weight excluding hydrogens is 256 g/mol. The molecule has 19 heavy (non-hydrogen) atoms. The molecule has 0 N–H and O–H groups in total. The number of hydrogen-bond acceptors (Lipinski definition) is 2. The monoisotopic (exact) mass is 276 g/mol. The number of halogens is 1. The summed E-state index contributed by atoms with van der Waals surface area (Å²) in [5, 5.41) is 9.90. The van der Waals surface area contributed by atoms with Gasteiger partial charge in [-0.2, -0.15) is 5.26 Å². The normalized spacial score (nSPS) is 16.8. The minimum atomic E-state index is 0.457. The van der Waals surface area contributed by atoms with Crippen LogP contribution in [0.4, 0.5) is 5.69 Å². The Bertz CT molecular complexity index is 476. The highest BCUT2D eigenvalue weighted by Gasteiger charge is 2.41. The van der Waals surface area contributed by atoms with Crippen molar-refractivity contribution in [1.29, 1.82) is 5.26 Å². The maximum Gasteiger partial charge on any atom is 0.101 e. The average Bonchev–Trinajstić information content (AvgIpc) is 2.35. The van der Waals surface area contributed by atoms with Crippen LogP contribution in [0.25, 0.3) is 0 Å². The van der Waals surface area contributed by atoms with Gasteiger partial charge in [0.2, 0.25) is 0 Å². The Balaban J connectivity index is 2.15. The van der Waals surface area contributed by atoms with E-state index in [1.165, 1.54) is 25.7 Å². The molecule has 0 atom stereocenters. The SMILES string of the molecule is CCCC1(CCC)CN(c2cc(Cl)ccc2C#N)C1. The molecule has 1 aromatic rings. The highest BCUT2D eigenvalue weighted by Crippen LogP contribution is 2.43. The Hall–Kier alpha value is -1.20. The summed E-state index contributed by atoms with van der Waals surface area (Å²) in [4.78, 5) is 2.30. The molecule has 1 saturated heterocycles. The predicted octanol–water partition coefficient (Wildman–Crippen LogP) is 4.62. The lowest BCUT2D eigenvalue weighted by Gasteiger charge is -2.52. The minimum Gasteiger partial charge on any atom is -0.369 e. The van der Waals surface area contributed by atoms with Gasteiger partial charge >= 0.3 is 0 Å². The van der Waals surface area contributed by atoms with E-state index in [0.717, 1.165) is 24.3 Å². The second kappa shape index (κ2) is 5.84. The van der Waals surface area contributed by atoms with E-state index in [9.17, 15) is 5.26 Å². The fraction of sp³-hybridized carbons (Fsp3) is 0.562. The van der Waals surface area contributed by atoms with Crippen molar-refractivity contribution in [3.63, 3.8) is 0 Å². The first-order valence-corrected chi connectivity index (χ1v) is 7.46. The van der Waals surface area contributed by atoms with Crippen molar-refractivity contribution < 1.29 is 0 Å². The minimum absolute atomic E-state index is 0.457. The largest absolute Gasteiger partial charge is 0.369 e. The third-order valence-electron chi connectivity index (χ3n) is 4.03. The second-order valence-corrected chi connectivity index (χ2v) is 6.07. The summed E-state index contributed by atoms with van der Waals surface area (Å²) in [6.07, 6.45) is 5.02. The molecule has 1 fully saturated rings. The first-order chi connectivity index (χ1) is 9.14. The van der Waals surface area contributed by atoms with Crippen LogP contribution in [0.5, 0.6) is 0 Å². The molecule has 2 rings (SSSR count). The molecule has 0 unspecified atom stereocenters. The van der Waals surface area contributed by atoms with Crippen molar-refractivity contribution in [3.05, 3.63) is 28.8 Å². The second-order valence-electron chi connectivity index (χ2n) is 5.63. The zero-order valence-electron chi connectivity index (χ0n) is 11.7. The fourth-order valence-electron chi connectivity index (χ4n) is 3.30. The lowest BCUT2D eigenvalue weighted by molar-refractivity contribution is 0.173. The van der Waals surface area contributed by atoms with Crippen LogP contribution in [0.2, 0.25) is 5.02 Å². The molecule has 0 aromatic heterocycles.